The number of aryl methyl sites for hydroxylation is 1. The molecule has 0 aliphatic heterocycles. The molecule has 0 saturated carbocycles. The highest BCUT2D eigenvalue weighted by Gasteiger charge is 2.29. The highest BCUT2D eigenvalue weighted by molar-refractivity contribution is 9.10. The van der Waals surface area contributed by atoms with Gasteiger partial charge in [-0.15, -0.1) is 0 Å². The van der Waals surface area contributed by atoms with Crippen molar-refractivity contribution in [2.24, 2.45) is 0 Å². The van der Waals surface area contributed by atoms with E-state index >= 15 is 0 Å². The van der Waals surface area contributed by atoms with Crippen molar-refractivity contribution in [1.82, 2.24) is 9.97 Å². The third-order valence-electron chi connectivity index (χ3n) is 4.78. The Hall–Kier alpha value is -3.26. The van der Waals surface area contributed by atoms with E-state index in [9.17, 15) is 14.7 Å². The molecule has 1 aliphatic carbocycles. The summed E-state index contributed by atoms with van der Waals surface area (Å²) in [5.74, 6) is -1.55. The van der Waals surface area contributed by atoms with Gasteiger partial charge in [0.1, 0.15) is 11.2 Å². The zero-order valence-electron chi connectivity index (χ0n) is 15.3. The first kappa shape index (κ1) is 19.1. The Bertz CT molecular complexity index is 1090. The average molecular weight is 454 g/mol. The van der Waals surface area contributed by atoms with E-state index in [1.54, 1.807) is 6.92 Å². The maximum atomic E-state index is 12.4. The molecule has 8 heteroatoms. The van der Waals surface area contributed by atoms with E-state index in [0.717, 1.165) is 22.3 Å². The van der Waals surface area contributed by atoms with Gasteiger partial charge in [-0.3, -0.25) is 5.32 Å². The Balaban J connectivity index is 1.53. The first-order chi connectivity index (χ1) is 14.0. The molecule has 146 valence electrons. The molecule has 7 nitrogen and oxygen atoms in total. The quantitative estimate of drug-likeness (QED) is 0.597. The second-order valence-electron chi connectivity index (χ2n) is 6.55. The summed E-state index contributed by atoms with van der Waals surface area (Å²) in [7, 11) is 0. The minimum Gasteiger partial charge on any atom is -0.476 e. The fourth-order valence-corrected chi connectivity index (χ4v) is 3.73. The molecule has 0 fully saturated rings. The van der Waals surface area contributed by atoms with Crippen LogP contribution in [0.2, 0.25) is 0 Å². The van der Waals surface area contributed by atoms with Crippen LogP contribution in [-0.2, 0) is 4.74 Å². The van der Waals surface area contributed by atoms with Crippen LogP contribution in [0.4, 0.5) is 10.6 Å². The van der Waals surface area contributed by atoms with E-state index in [0.29, 0.717) is 10.3 Å². The molecule has 2 aromatic carbocycles. The maximum Gasteiger partial charge on any atom is 0.412 e. The number of nitrogens with zero attached hydrogens (tertiary/aromatic N) is 2. The molecule has 0 atom stereocenters. The van der Waals surface area contributed by atoms with Crippen LogP contribution in [0.25, 0.3) is 11.1 Å². The number of hydrogen-bond donors (Lipinski definition) is 2. The van der Waals surface area contributed by atoms with Gasteiger partial charge < -0.3 is 9.84 Å². The number of fused-ring (bicyclic) bond motifs is 3. The van der Waals surface area contributed by atoms with Crippen LogP contribution in [0.3, 0.4) is 0 Å². The number of carboxylic acids is 1. The number of benzene rings is 2. The van der Waals surface area contributed by atoms with Crippen molar-refractivity contribution in [1.29, 1.82) is 0 Å². The number of rotatable bonds is 4. The van der Waals surface area contributed by atoms with Gasteiger partial charge in [-0.2, -0.15) is 0 Å². The molecule has 0 radical (unpaired) electrons. The predicted molar refractivity (Wildman–Crippen MR) is 110 cm³/mol. The van der Waals surface area contributed by atoms with Gasteiger partial charge in [0.05, 0.1) is 5.69 Å². The largest absolute Gasteiger partial charge is 0.476 e. The van der Waals surface area contributed by atoms with Crippen molar-refractivity contribution in [2.45, 2.75) is 12.8 Å². The standard InChI is InChI=1S/C21H16BrN3O4/c1-11-18(22)24-17(20(26)27)19(23-11)25-21(28)29-10-16-14-8-4-2-6-12(14)13-7-3-5-9-15(13)16/h2-9,16H,10H2,1H3,(H,26,27)(H,23,25,28). The molecule has 1 aromatic heterocycles. The Morgan fingerprint density at radius 2 is 1.66 bits per heavy atom. The number of ether oxygens (including phenoxy) is 1. The second-order valence-corrected chi connectivity index (χ2v) is 7.30. The van der Waals surface area contributed by atoms with Gasteiger partial charge >= 0.3 is 12.1 Å². The van der Waals surface area contributed by atoms with E-state index in [-0.39, 0.29) is 24.0 Å². The third-order valence-corrected chi connectivity index (χ3v) is 5.53. The summed E-state index contributed by atoms with van der Waals surface area (Å²) in [6.07, 6.45) is -0.787. The lowest BCUT2D eigenvalue weighted by atomic mass is 9.98. The smallest absolute Gasteiger partial charge is 0.412 e. The molecule has 1 amide bonds. The van der Waals surface area contributed by atoms with Crippen molar-refractivity contribution < 1.29 is 19.4 Å². The van der Waals surface area contributed by atoms with E-state index in [2.05, 4.69) is 31.2 Å². The number of amides is 1. The van der Waals surface area contributed by atoms with Crippen LogP contribution in [0.15, 0.2) is 53.1 Å². The van der Waals surface area contributed by atoms with Gasteiger partial charge in [0.2, 0.25) is 0 Å². The molecule has 4 rings (SSSR count). The number of carbonyl (C=O) groups is 2. The van der Waals surface area contributed by atoms with Gasteiger partial charge in [-0.25, -0.2) is 19.6 Å². The number of aromatic nitrogens is 2. The number of anilines is 1. The number of halogens is 1. The summed E-state index contributed by atoms with van der Waals surface area (Å²) in [4.78, 5) is 31.7. The van der Waals surface area contributed by atoms with Crippen molar-refractivity contribution in [2.75, 3.05) is 11.9 Å². The Morgan fingerprint density at radius 3 is 2.24 bits per heavy atom. The molecule has 1 aliphatic rings. The monoisotopic (exact) mass is 453 g/mol. The van der Waals surface area contributed by atoms with Crippen LogP contribution in [0.1, 0.15) is 33.2 Å². The van der Waals surface area contributed by atoms with Crippen LogP contribution in [0.5, 0.6) is 0 Å². The minimum absolute atomic E-state index is 0.0927. The summed E-state index contributed by atoms with van der Waals surface area (Å²) in [6.45, 7) is 1.76. The molecule has 3 aromatic rings. The number of hydrogen-bond acceptors (Lipinski definition) is 5. The zero-order chi connectivity index (χ0) is 20.5. The highest BCUT2D eigenvalue weighted by Crippen LogP contribution is 2.44. The second kappa shape index (κ2) is 7.63. The Labute approximate surface area is 174 Å². The summed E-state index contributed by atoms with van der Waals surface area (Å²) in [5.41, 5.74) is 4.51. The maximum absolute atomic E-state index is 12.4. The lowest BCUT2D eigenvalue weighted by molar-refractivity contribution is 0.0691. The lowest BCUT2D eigenvalue weighted by Crippen LogP contribution is -2.21. The summed E-state index contributed by atoms with van der Waals surface area (Å²) in [6, 6.07) is 16.0. The molecular weight excluding hydrogens is 438 g/mol. The lowest BCUT2D eigenvalue weighted by Gasteiger charge is -2.15. The molecule has 1 heterocycles. The Morgan fingerprint density at radius 1 is 1.07 bits per heavy atom. The molecular formula is C21H16BrN3O4. The number of carbonyl (C=O) groups excluding carboxylic acids is 1. The van der Waals surface area contributed by atoms with E-state index in [1.165, 1.54) is 0 Å². The van der Waals surface area contributed by atoms with E-state index < -0.39 is 12.1 Å². The zero-order valence-corrected chi connectivity index (χ0v) is 16.9. The molecule has 0 spiro atoms. The van der Waals surface area contributed by atoms with Crippen molar-refractivity contribution >= 4 is 33.8 Å². The molecule has 29 heavy (non-hydrogen) atoms. The van der Waals surface area contributed by atoms with Gasteiger partial charge in [0, 0.05) is 5.92 Å². The normalized spacial score (nSPS) is 12.2. The topological polar surface area (TPSA) is 101 Å². The summed E-state index contributed by atoms with van der Waals surface area (Å²) < 4.78 is 5.73. The van der Waals surface area contributed by atoms with Crippen molar-refractivity contribution in [3.8, 4) is 11.1 Å². The fourth-order valence-electron chi connectivity index (χ4n) is 3.47. The average Bonchev–Trinajstić information content (AvgIpc) is 3.03. The van der Waals surface area contributed by atoms with E-state index in [1.807, 2.05) is 48.5 Å². The van der Waals surface area contributed by atoms with Gasteiger partial charge in [-0.05, 0) is 45.1 Å². The number of carboxylic acid groups (broad SMARTS) is 1. The third kappa shape index (κ3) is 3.58. The first-order valence-corrected chi connectivity index (χ1v) is 9.64. The predicted octanol–water partition coefficient (Wildman–Crippen LogP) is 4.61. The van der Waals surface area contributed by atoms with E-state index in [4.69, 9.17) is 4.74 Å². The molecule has 0 saturated heterocycles. The highest BCUT2D eigenvalue weighted by atomic mass is 79.9. The van der Waals surface area contributed by atoms with Crippen LogP contribution in [0, 0.1) is 6.92 Å². The number of nitrogens with one attached hydrogen (secondary N) is 1. The fraction of sp³-hybridized carbons (Fsp3) is 0.143. The van der Waals surface area contributed by atoms with Crippen molar-refractivity contribution in [3.63, 3.8) is 0 Å². The molecule has 0 bridgehead atoms. The summed E-state index contributed by atoms with van der Waals surface area (Å²) in [5, 5.41) is 11.7. The minimum atomic E-state index is -1.30. The molecule has 0 unspecified atom stereocenters. The van der Waals surface area contributed by atoms with Gasteiger partial charge in [-0.1, -0.05) is 48.5 Å². The SMILES string of the molecule is Cc1nc(NC(=O)OCC2c3ccccc3-c3ccccc32)c(C(=O)O)nc1Br. The van der Waals surface area contributed by atoms with Crippen molar-refractivity contribution in [3.05, 3.63) is 75.6 Å². The van der Waals surface area contributed by atoms with Crippen LogP contribution in [-0.4, -0.2) is 33.7 Å². The Kier molecular flexibility index (Phi) is 5.02. The first-order valence-electron chi connectivity index (χ1n) is 8.85. The molecule has 2 N–H and O–H groups in total. The van der Waals surface area contributed by atoms with Gasteiger partial charge in [0.25, 0.3) is 0 Å². The van der Waals surface area contributed by atoms with Gasteiger partial charge in [0.15, 0.2) is 11.5 Å². The van der Waals surface area contributed by atoms with Crippen LogP contribution >= 0.6 is 15.9 Å². The van der Waals surface area contributed by atoms with Crippen LogP contribution < -0.4 is 5.32 Å². The summed E-state index contributed by atoms with van der Waals surface area (Å²) >= 11 is 3.14. The number of aromatic carboxylic acids is 1.